The molecule has 1 aromatic carbocycles. The molecule has 2 nitrogen and oxygen atoms in total. The molecule has 1 rings (SSSR count). The first-order valence-electron chi connectivity index (χ1n) is 4.13. The van der Waals surface area contributed by atoms with Crippen molar-refractivity contribution in [1.29, 1.82) is 0 Å². The van der Waals surface area contributed by atoms with E-state index in [0.29, 0.717) is 0 Å². The summed E-state index contributed by atoms with van der Waals surface area (Å²) in [6.07, 6.45) is -5.42. The van der Waals surface area contributed by atoms with Gasteiger partial charge < -0.3 is 10.5 Å². The van der Waals surface area contributed by atoms with Crippen LogP contribution in [0.25, 0.3) is 0 Å². The van der Waals surface area contributed by atoms with Crippen LogP contribution in [0.1, 0.15) is 6.42 Å². The van der Waals surface area contributed by atoms with Gasteiger partial charge in [0.2, 0.25) is 0 Å². The van der Waals surface area contributed by atoms with Crippen LogP contribution >= 0.6 is 12.4 Å². The Balaban J connectivity index is 0.00000225. The number of alkyl halides is 3. The van der Waals surface area contributed by atoms with Crippen molar-refractivity contribution in [2.75, 3.05) is 12.3 Å². The number of nitrogens with two attached hydrogens (primary N) is 1. The van der Waals surface area contributed by atoms with Crippen LogP contribution in [0.3, 0.4) is 0 Å². The molecule has 0 unspecified atom stereocenters. The standard InChI is InChI=1S/C9H9F4NO.ClH/c10-7-5-6(14)1-2-8(7)15-4-3-9(11,12)13;/h1-2,5H,3-4,14H2;1H. The molecule has 0 aliphatic heterocycles. The van der Waals surface area contributed by atoms with Gasteiger partial charge in [-0.05, 0) is 12.1 Å². The summed E-state index contributed by atoms with van der Waals surface area (Å²) in [5.74, 6) is -0.995. The van der Waals surface area contributed by atoms with Crippen LogP contribution in [0.2, 0.25) is 0 Å². The molecular weight excluding hydrogens is 250 g/mol. The smallest absolute Gasteiger partial charge is 0.392 e. The van der Waals surface area contributed by atoms with E-state index in [9.17, 15) is 17.6 Å². The average molecular weight is 260 g/mol. The molecule has 7 heteroatoms. The Labute approximate surface area is 95.8 Å². The van der Waals surface area contributed by atoms with Crippen molar-refractivity contribution in [1.82, 2.24) is 0 Å². The highest BCUT2D eigenvalue weighted by Gasteiger charge is 2.26. The summed E-state index contributed by atoms with van der Waals surface area (Å²) in [6, 6.07) is 3.54. The Morgan fingerprint density at radius 1 is 1.25 bits per heavy atom. The van der Waals surface area contributed by atoms with Crippen LogP contribution in [-0.4, -0.2) is 12.8 Å². The highest BCUT2D eigenvalue weighted by Crippen LogP contribution is 2.22. The Kier molecular flexibility index (Phi) is 5.37. The van der Waals surface area contributed by atoms with Crippen molar-refractivity contribution in [3.8, 4) is 5.75 Å². The minimum atomic E-state index is -4.30. The van der Waals surface area contributed by atoms with E-state index in [1.54, 1.807) is 0 Å². The molecule has 0 heterocycles. The Hall–Kier alpha value is -1.17. The van der Waals surface area contributed by atoms with E-state index in [1.165, 1.54) is 12.1 Å². The maximum Gasteiger partial charge on any atom is 0.392 e. The van der Waals surface area contributed by atoms with E-state index in [1.807, 2.05) is 0 Å². The van der Waals surface area contributed by atoms with Crippen LogP contribution in [0.4, 0.5) is 23.2 Å². The summed E-state index contributed by atoms with van der Waals surface area (Å²) >= 11 is 0. The zero-order chi connectivity index (χ0) is 11.5. The van der Waals surface area contributed by atoms with Gasteiger partial charge in [-0.15, -0.1) is 12.4 Å². The summed E-state index contributed by atoms with van der Waals surface area (Å²) in [5, 5.41) is 0. The van der Waals surface area contributed by atoms with Gasteiger partial charge in [-0.2, -0.15) is 13.2 Å². The SMILES string of the molecule is Cl.Nc1ccc(OCCC(F)(F)F)c(F)c1. The molecule has 0 spiro atoms. The fraction of sp³-hybridized carbons (Fsp3) is 0.333. The van der Waals surface area contributed by atoms with Crippen molar-refractivity contribution < 1.29 is 22.3 Å². The molecule has 1 aromatic rings. The molecule has 0 aliphatic carbocycles. The van der Waals surface area contributed by atoms with Crippen molar-refractivity contribution in [3.05, 3.63) is 24.0 Å². The molecule has 0 atom stereocenters. The number of halogens is 5. The lowest BCUT2D eigenvalue weighted by Gasteiger charge is -2.09. The molecule has 16 heavy (non-hydrogen) atoms. The van der Waals surface area contributed by atoms with Crippen molar-refractivity contribution >= 4 is 18.1 Å². The highest BCUT2D eigenvalue weighted by atomic mass is 35.5. The maximum absolute atomic E-state index is 13.0. The molecule has 0 saturated carbocycles. The van der Waals surface area contributed by atoms with Crippen LogP contribution in [0, 0.1) is 5.82 Å². The second-order valence-electron chi connectivity index (χ2n) is 2.90. The molecule has 0 bridgehead atoms. The van der Waals surface area contributed by atoms with Gasteiger partial charge in [0.1, 0.15) is 0 Å². The topological polar surface area (TPSA) is 35.2 Å². The number of hydrogen-bond donors (Lipinski definition) is 1. The van der Waals surface area contributed by atoms with Crippen molar-refractivity contribution in [2.45, 2.75) is 12.6 Å². The van der Waals surface area contributed by atoms with E-state index < -0.39 is 25.0 Å². The van der Waals surface area contributed by atoms with Crippen molar-refractivity contribution in [2.24, 2.45) is 0 Å². The molecule has 2 N–H and O–H groups in total. The van der Waals surface area contributed by atoms with Gasteiger partial charge in [0, 0.05) is 11.8 Å². The van der Waals surface area contributed by atoms with Gasteiger partial charge in [-0.1, -0.05) is 0 Å². The Morgan fingerprint density at radius 3 is 2.38 bits per heavy atom. The van der Waals surface area contributed by atoms with E-state index in [0.717, 1.165) is 6.07 Å². The number of anilines is 1. The van der Waals surface area contributed by atoms with Gasteiger partial charge >= 0.3 is 6.18 Å². The monoisotopic (exact) mass is 259 g/mol. The number of benzene rings is 1. The molecule has 0 aliphatic rings. The summed E-state index contributed by atoms with van der Waals surface area (Å²) in [5.41, 5.74) is 5.44. The molecule has 0 fully saturated rings. The molecule has 0 aromatic heterocycles. The Bertz CT molecular complexity index is 343. The lowest BCUT2D eigenvalue weighted by Crippen LogP contribution is -2.13. The normalized spacial score (nSPS) is 10.8. The fourth-order valence-corrected chi connectivity index (χ4v) is 0.911. The van der Waals surface area contributed by atoms with Gasteiger partial charge in [0.15, 0.2) is 11.6 Å². The van der Waals surface area contributed by atoms with Gasteiger partial charge in [-0.25, -0.2) is 4.39 Å². The quantitative estimate of drug-likeness (QED) is 0.668. The minimum absolute atomic E-state index is 0. The Morgan fingerprint density at radius 2 is 1.88 bits per heavy atom. The predicted octanol–water partition coefficient (Wildman–Crippen LogP) is 3.16. The second kappa shape index (κ2) is 5.79. The first kappa shape index (κ1) is 14.8. The number of ether oxygens (including phenoxy) is 1. The summed E-state index contributed by atoms with van der Waals surface area (Å²) < 4.78 is 52.8. The van der Waals surface area contributed by atoms with E-state index in [4.69, 9.17) is 5.73 Å². The van der Waals surface area contributed by atoms with Crippen LogP contribution in [0.15, 0.2) is 18.2 Å². The largest absolute Gasteiger partial charge is 0.490 e. The lowest BCUT2D eigenvalue weighted by molar-refractivity contribution is -0.139. The second-order valence-corrected chi connectivity index (χ2v) is 2.90. The van der Waals surface area contributed by atoms with Crippen LogP contribution in [0.5, 0.6) is 5.75 Å². The molecule has 0 amide bonds. The molecule has 92 valence electrons. The van der Waals surface area contributed by atoms with Crippen LogP contribution < -0.4 is 10.5 Å². The average Bonchev–Trinajstić information content (AvgIpc) is 2.07. The summed E-state index contributed by atoms with van der Waals surface area (Å²) in [4.78, 5) is 0. The van der Waals surface area contributed by atoms with E-state index >= 15 is 0 Å². The summed E-state index contributed by atoms with van der Waals surface area (Å²) in [6.45, 7) is -0.607. The third kappa shape index (κ3) is 5.06. The zero-order valence-corrected chi connectivity index (χ0v) is 8.87. The van der Waals surface area contributed by atoms with Crippen molar-refractivity contribution in [3.63, 3.8) is 0 Å². The van der Waals surface area contributed by atoms with Crippen LogP contribution in [-0.2, 0) is 0 Å². The van der Waals surface area contributed by atoms with Gasteiger partial charge in [-0.3, -0.25) is 0 Å². The summed E-state index contributed by atoms with van der Waals surface area (Å²) in [7, 11) is 0. The number of hydrogen-bond acceptors (Lipinski definition) is 2. The number of nitrogen functional groups attached to an aromatic ring is 1. The van der Waals surface area contributed by atoms with E-state index in [2.05, 4.69) is 4.74 Å². The van der Waals surface area contributed by atoms with E-state index in [-0.39, 0.29) is 23.8 Å². The third-order valence-electron chi connectivity index (χ3n) is 1.60. The number of rotatable bonds is 3. The minimum Gasteiger partial charge on any atom is -0.490 e. The zero-order valence-electron chi connectivity index (χ0n) is 8.05. The van der Waals surface area contributed by atoms with Gasteiger partial charge in [0.05, 0.1) is 13.0 Å². The lowest BCUT2D eigenvalue weighted by atomic mass is 10.3. The first-order valence-corrected chi connectivity index (χ1v) is 4.13. The molecule has 0 radical (unpaired) electrons. The molecular formula is C9H10ClF4NO. The predicted molar refractivity (Wildman–Crippen MR) is 54.2 cm³/mol. The fourth-order valence-electron chi connectivity index (χ4n) is 0.911. The molecule has 0 saturated heterocycles. The highest BCUT2D eigenvalue weighted by molar-refractivity contribution is 5.85. The first-order chi connectivity index (χ1) is 6.88. The maximum atomic E-state index is 13.0. The van der Waals surface area contributed by atoms with Gasteiger partial charge in [0.25, 0.3) is 0 Å². The third-order valence-corrected chi connectivity index (χ3v) is 1.60.